The molecule has 0 saturated carbocycles. The van der Waals surface area contributed by atoms with Crippen LogP contribution in [-0.4, -0.2) is 10.1 Å². The maximum absolute atomic E-state index is 12.2. The van der Waals surface area contributed by atoms with Crippen LogP contribution in [0, 0.1) is 10.6 Å². The highest BCUT2D eigenvalue weighted by Gasteiger charge is 2.14. The second-order valence-electron chi connectivity index (χ2n) is 2.27. The summed E-state index contributed by atoms with van der Waals surface area (Å²) in [6.07, 6.45) is -2.59. The molecule has 1 aromatic heterocycles. The second kappa shape index (κ2) is 3.51. The highest BCUT2D eigenvalue weighted by atomic mass is 127. The van der Waals surface area contributed by atoms with Gasteiger partial charge in [-0.15, -0.1) is 0 Å². The number of nitrogens with zero attached hydrogens (tertiary/aromatic N) is 1. The molecule has 0 unspecified atom stereocenters. The molecule has 2 nitrogen and oxygen atoms in total. The Bertz CT molecular complexity index is 304. The molecule has 0 fully saturated rings. The molecule has 0 amide bonds. The average molecular weight is 285 g/mol. The van der Waals surface area contributed by atoms with Gasteiger partial charge in [0.1, 0.15) is 9.45 Å². The Balaban J connectivity index is 3.23. The Morgan fingerprint density at radius 1 is 1.58 bits per heavy atom. The first kappa shape index (κ1) is 9.63. The molecule has 0 atom stereocenters. The fourth-order valence-electron chi connectivity index (χ4n) is 0.733. The average Bonchev–Trinajstić information content (AvgIpc) is 1.96. The van der Waals surface area contributed by atoms with Gasteiger partial charge in [-0.3, -0.25) is 0 Å². The third-order valence-corrected chi connectivity index (χ3v) is 2.27. The summed E-state index contributed by atoms with van der Waals surface area (Å²) in [7, 11) is 0. The van der Waals surface area contributed by atoms with Crippen LogP contribution in [0.4, 0.5) is 8.78 Å². The van der Waals surface area contributed by atoms with E-state index >= 15 is 0 Å². The molecular weight excluding hydrogens is 279 g/mol. The third-order valence-electron chi connectivity index (χ3n) is 1.40. The van der Waals surface area contributed by atoms with Crippen molar-refractivity contribution < 1.29 is 13.9 Å². The molecule has 0 bridgehead atoms. The minimum atomic E-state index is -2.59. The Hall–Kier alpha value is -0.460. The topological polar surface area (TPSA) is 33.1 Å². The first-order valence-electron chi connectivity index (χ1n) is 3.16. The van der Waals surface area contributed by atoms with E-state index in [2.05, 4.69) is 4.98 Å². The molecule has 0 radical (unpaired) electrons. The minimum absolute atomic E-state index is 0.189. The van der Waals surface area contributed by atoms with Gasteiger partial charge >= 0.3 is 0 Å². The fourth-order valence-corrected chi connectivity index (χ4v) is 1.49. The maximum Gasteiger partial charge on any atom is 0.266 e. The molecule has 1 rings (SSSR count). The van der Waals surface area contributed by atoms with Crippen LogP contribution in [0.5, 0.6) is 5.75 Å². The van der Waals surface area contributed by atoms with Gasteiger partial charge in [-0.05, 0) is 35.6 Å². The van der Waals surface area contributed by atoms with Crippen molar-refractivity contribution >= 4 is 22.6 Å². The normalized spacial score (nSPS) is 10.8. The lowest BCUT2D eigenvalue weighted by Crippen LogP contribution is -1.95. The first-order chi connectivity index (χ1) is 5.52. The van der Waals surface area contributed by atoms with Crippen molar-refractivity contribution in [2.75, 3.05) is 0 Å². The fraction of sp³-hybridized carbons (Fsp3) is 0.286. The summed E-state index contributed by atoms with van der Waals surface area (Å²) in [6.45, 7) is 1.56. The van der Waals surface area contributed by atoms with Crippen LogP contribution in [-0.2, 0) is 0 Å². The van der Waals surface area contributed by atoms with Gasteiger partial charge in [-0.25, -0.2) is 13.8 Å². The maximum atomic E-state index is 12.2. The van der Waals surface area contributed by atoms with Crippen LogP contribution in [0.3, 0.4) is 0 Å². The van der Waals surface area contributed by atoms with Gasteiger partial charge in [-0.2, -0.15) is 0 Å². The summed E-state index contributed by atoms with van der Waals surface area (Å²) >= 11 is 1.72. The number of aromatic nitrogens is 1. The Morgan fingerprint density at radius 3 is 2.67 bits per heavy atom. The lowest BCUT2D eigenvalue weighted by Gasteiger charge is -2.04. The summed E-state index contributed by atoms with van der Waals surface area (Å²) < 4.78 is 24.6. The largest absolute Gasteiger partial charge is 0.506 e. The van der Waals surface area contributed by atoms with Crippen molar-refractivity contribution in [1.82, 2.24) is 4.98 Å². The highest BCUT2D eigenvalue weighted by Crippen LogP contribution is 2.27. The Labute approximate surface area is 81.8 Å². The molecule has 0 aromatic carbocycles. The van der Waals surface area contributed by atoms with Gasteiger partial charge in [0.25, 0.3) is 6.43 Å². The van der Waals surface area contributed by atoms with Crippen molar-refractivity contribution in [3.05, 3.63) is 21.0 Å². The molecule has 12 heavy (non-hydrogen) atoms. The van der Waals surface area contributed by atoms with Crippen molar-refractivity contribution in [3.63, 3.8) is 0 Å². The number of aromatic hydroxyl groups is 1. The van der Waals surface area contributed by atoms with Gasteiger partial charge < -0.3 is 5.11 Å². The molecule has 0 aliphatic heterocycles. The van der Waals surface area contributed by atoms with E-state index in [4.69, 9.17) is 5.11 Å². The molecule has 66 valence electrons. The van der Waals surface area contributed by atoms with Crippen LogP contribution >= 0.6 is 22.6 Å². The van der Waals surface area contributed by atoms with Crippen molar-refractivity contribution in [2.24, 2.45) is 0 Å². The van der Waals surface area contributed by atoms with Crippen molar-refractivity contribution in [3.8, 4) is 5.75 Å². The van der Waals surface area contributed by atoms with Crippen LogP contribution in [0.2, 0.25) is 0 Å². The third kappa shape index (κ3) is 1.82. The van der Waals surface area contributed by atoms with E-state index in [1.54, 1.807) is 29.5 Å². The molecular formula is C7H6F2INO. The van der Waals surface area contributed by atoms with Gasteiger partial charge in [0, 0.05) is 0 Å². The van der Waals surface area contributed by atoms with E-state index in [9.17, 15) is 8.78 Å². The second-order valence-corrected chi connectivity index (χ2v) is 3.30. The van der Waals surface area contributed by atoms with E-state index in [0.717, 1.165) is 6.07 Å². The van der Waals surface area contributed by atoms with Crippen molar-refractivity contribution in [2.45, 2.75) is 13.3 Å². The van der Waals surface area contributed by atoms with Crippen molar-refractivity contribution in [1.29, 1.82) is 0 Å². The van der Waals surface area contributed by atoms with E-state index < -0.39 is 6.43 Å². The number of aryl methyl sites for hydroxylation is 1. The summed E-state index contributed by atoms with van der Waals surface area (Å²) in [5.41, 5.74) is 0.141. The minimum Gasteiger partial charge on any atom is -0.506 e. The van der Waals surface area contributed by atoms with Crippen LogP contribution in [0.1, 0.15) is 17.7 Å². The summed E-state index contributed by atoms with van der Waals surface area (Å²) in [5.74, 6) is -0.189. The molecule has 0 aliphatic rings. The van der Waals surface area contributed by atoms with E-state index in [1.165, 1.54) is 0 Å². The standard InChI is InChI=1S/C7H6F2INO/c1-3-5(12)2-4(6(8)9)7(10)11-3/h2,6,12H,1H3. The quantitative estimate of drug-likeness (QED) is 0.635. The zero-order chi connectivity index (χ0) is 9.30. The lowest BCUT2D eigenvalue weighted by molar-refractivity contribution is 0.149. The van der Waals surface area contributed by atoms with Crippen LogP contribution in [0.15, 0.2) is 6.07 Å². The number of alkyl halides is 2. The van der Waals surface area contributed by atoms with E-state index in [0.29, 0.717) is 5.69 Å². The molecule has 1 heterocycles. The van der Waals surface area contributed by atoms with Crippen LogP contribution in [0.25, 0.3) is 0 Å². The smallest absolute Gasteiger partial charge is 0.266 e. The summed E-state index contributed by atoms with van der Waals surface area (Å²) in [6, 6.07) is 1.05. The van der Waals surface area contributed by atoms with Gasteiger partial charge in [0.2, 0.25) is 0 Å². The Morgan fingerprint density at radius 2 is 2.17 bits per heavy atom. The van der Waals surface area contributed by atoms with E-state index in [-0.39, 0.29) is 15.0 Å². The van der Waals surface area contributed by atoms with Gasteiger partial charge in [0.05, 0.1) is 11.3 Å². The Kier molecular flexibility index (Phi) is 2.81. The number of hydrogen-bond donors (Lipinski definition) is 1. The number of halogens is 3. The predicted molar refractivity (Wildman–Crippen MR) is 48.3 cm³/mol. The number of pyridine rings is 1. The number of hydrogen-bond acceptors (Lipinski definition) is 2. The zero-order valence-electron chi connectivity index (χ0n) is 6.18. The van der Waals surface area contributed by atoms with E-state index in [1.807, 2.05) is 0 Å². The van der Waals surface area contributed by atoms with Gasteiger partial charge in [-0.1, -0.05) is 0 Å². The first-order valence-corrected chi connectivity index (χ1v) is 4.24. The summed E-state index contributed by atoms with van der Waals surface area (Å²) in [5, 5.41) is 9.07. The molecule has 0 saturated heterocycles. The molecule has 0 spiro atoms. The SMILES string of the molecule is Cc1nc(I)c(C(F)F)cc1O. The molecule has 0 aliphatic carbocycles. The monoisotopic (exact) mass is 285 g/mol. The molecule has 1 aromatic rings. The lowest BCUT2D eigenvalue weighted by atomic mass is 10.2. The highest BCUT2D eigenvalue weighted by molar-refractivity contribution is 14.1. The van der Waals surface area contributed by atoms with Gasteiger partial charge in [0.15, 0.2) is 0 Å². The van der Waals surface area contributed by atoms with Crippen LogP contribution < -0.4 is 0 Å². The summed E-state index contributed by atoms with van der Waals surface area (Å²) in [4.78, 5) is 3.75. The number of rotatable bonds is 1. The molecule has 5 heteroatoms. The predicted octanol–water partition coefficient (Wildman–Crippen LogP) is 2.64. The zero-order valence-corrected chi connectivity index (χ0v) is 8.34. The molecule has 1 N–H and O–H groups in total.